The molecule has 0 radical (unpaired) electrons. The number of halogens is 3. The molecule has 2 aliphatic carbocycles. The van der Waals surface area contributed by atoms with Gasteiger partial charge in [0, 0.05) is 16.8 Å². The van der Waals surface area contributed by atoms with Crippen molar-refractivity contribution in [1.82, 2.24) is 4.98 Å². The fourth-order valence-corrected chi connectivity index (χ4v) is 5.96. The average Bonchev–Trinajstić information content (AvgIpc) is 3.41. The summed E-state index contributed by atoms with van der Waals surface area (Å²) in [6.07, 6.45) is -0.215. The topological polar surface area (TPSA) is 42.4 Å². The van der Waals surface area contributed by atoms with Crippen LogP contribution in [0, 0.1) is 5.41 Å². The Balaban J connectivity index is 1.60. The van der Waals surface area contributed by atoms with Crippen LogP contribution in [0.1, 0.15) is 109 Å². The number of pyridine rings is 1. The van der Waals surface area contributed by atoms with Crippen molar-refractivity contribution in [3.8, 4) is 0 Å². The summed E-state index contributed by atoms with van der Waals surface area (Å²) in [6.45, 7) is 4.72. The van der Waals surface area contributed by atoms with Gasteiger partial charge in [-0.3, -0.25) is 4.98 Å². The van der Waals surface area contributed by atoms with E-state index in [2.05, 4.69) is 13.8 Å². The molecule has 0 amide bonds. The average molecular weight is 446 g/mol. The zero-order valence-corrected chi connectivity index (χ0v) is 18.6. The first kappa shape index (κ1) is 21.9. The molecule has 1 fully saturated rings. The van der Waals surface area contributed by atoms with E-state index in [9.17, 15) is 18.3 Å². The number of aromatic nitrogens is 1. The van der Waals surface area contributed by atoms with E-state index in [-0.39, 0.29) is 17.1 Å². The first-order chi connectivity index (χ1) is 15.2. The summed E-state index contributed by atoms with van der Waals surface area (Å²) in [7, 11) is 0. The molecule has 32 heavy (non-hydrogen) atoms. The van der Waals surface area contributed by atoms with Crippen molar-refractivity contribution < 1.29 is 23.0 Å². The number of aliphatic hydroxyl groups is 1. The van der Waals surface area contributed by atoms with E-state index >= 15 is 0 Å². The first-order valence-corrected chi connectivity index (χ1v) is 11.6. The number of benzene rings is 1. The highest BCUT2D eigenvalue weighted by atomic mass is 19.3. The van der Waals surface area contributed by atoms with Gasteiger partial charge in [-0.15, -0.1) is 0 Å². The Labute approximate surface area is 187 Å². The Kier molecular flexibility index (Phi) is 5.57. The number of ether oxygens (including phenoxy) is 1. The zero-order chi connectivity index (χ0) is 22.6. The van der Waals surface area contributed by atoms with E-state index in [1.165, 1.54) is 30.5 Å². The van der Waals surface area contributed by atoms with Crippen molar-refractivity contribution in [2.24, 2.45) is 5.41 Å². The summed E-state index contributed by atoms with van der Waals surface area (Å²) < 4.78 is 45.4. The van der Waals surface area contributed by atoms with Crippen molar-refractivity contribution in [2.45, 2.75) is 89.7 Å². The highest BCUT2D eigenvalue weighted by molar-refractivity contribution is 5.51. The fourth-order valence-electron chi connectivity index (χ4n) is 5.96. The van der Waals surface area contributed by atoms with Crippen molar-refractivity contribution in [3.05, 3.63) is 63.5 Å². The third-order valence-corrected chi connectivity index (χ3v) is 7.39. The fraction of sp³-hybridized carbons (Fsp3) is 0.577. The number of nitrogens with zero attached hydrogens (tertiary/aromatic N) is 1. The van der Waals surface area contributed by atoms with E-state index in [0.29, 0.717) is 18.9 Å². The van der Waals surface area contributed by atoms with E-state index in [1.54, 1.807) is 12.1 Å². The molecule has 1 aromatic carbocycles. The van der Waals surface area contributed by atoms with E-state index < -0.39 is 18.7 Å². The Hall–Kier alpha value is -1.92. The molecule has 3 aliphatic rings. The van der Waals surface area contributed by atoms with Gasteiger partial charge in [-0.25, -0.2) is 13.2 Å². The van der Waals surface area contributed by atoms with Gasteiger partial charge in [0.25, 0.3) is 6.43 Å². The van der Waals surface area contributed by atoms with E-state index in [0.717, 1.165) is 47.3 Å². The molecule has 6 heteroatoms. The van der Waals surface area contributed by atoms with Gasteiger partial charge >= 0.3 is 0 Å². The van der Waals surface area contributed by atoms with Gasteiger partial charge in [-0.1, -0.05) is 51.0 Å². The van der Waals surface area contributed by atoms with Gasteiger partial charge in [-0.05, 0) is 53.7 Å². The second-order valence-corrected chi connectivity index (χ2v) is 10.4. The highest BCUT2D eigenvalue weighted by Gasteiger charge is 2.41. The molecule has 0 spiro atoms. The molecule has 3 atom stereocenters. The smallest absolute Gasteiger partial charge is 0.273 e. The number of aliphatic hydroxyl groups excluding tert-OH is 1. The Morgan fingerprint density at radius 1 is 1.00 bits per heavy atom. The minimum absolute atomic E-state index is 0.0110. The number of hydrogen-bond donors (Lipinski definition) is 1. The summed E-state index contributed by atoms with van der Waals surface area (Å²) in [4.78, 5) is 4.97. The predicted molar refractivity (Wildman–Crippen MR) is 115 cm³/mol. The lowest BCUT2D eigenvalue weighted by Gasteiger charge is -2.37. The monoisotopic (exact) mass is 445 g/mol. The molecule has 1 aromatic heterocycles. The molecule has 2 aromatic rings. The third-order valence-electron chi connectivity index (χ3n) is 7.39. The number of rotatable bonds is 4. The maximum absolute atomic E-state index is 13.7. The second kappa shape index (κ2) is 8.14. The van der Waals surface area contributed by atoms with E-state index in [4.69, 9.17) is 9.72 Å². The van der Waals surface area contributed by atoms with Gasteiger partial charge in [0.05, 0.1) is 18.4 Å². The Morgan fingerprint density at radius 2 is 1.69 bits per heavy atom. The SMILES string of the molecule is CC1(C)Cc2nc3c(c(C4CCCC4)c2C(O)C1)C(c1ccc(C(F)C(F)F)cc1)OC3. The lowest BCUT2D eigenvalue weighted by molar-refractivity contribution is 0.0495. The van der Waals surface area contributed by atoms with Crippen LogP contribution in [-0.4, -0.2) is 16.5 Å². The van der Waals surface area contributed by atoms with Gasteiger partial charge < -0.3 is 9.84 Å². The van der Waals surface area contributed by atoms with Crippen LogP contribution in [0.25, 0.3) is 0 Å². The maximum Gasteiger partial charge on any atom is 0.273 e. The summed E-state index contributed by atoms with van der Waals surface area (Å²) in [5.74, 6) is 0.369. The molecule has 0 bridgehead atoms. The van der Waals surface area contributed by atoms with Crippen LogP contribution in [0.2, 0.25) is 0 Å². The lowest BCUT2D eigenvalue weighted by Crippen LogP contribution is -2.29. The third kappa shape index (κ3) is 3.75. The molecule has 1 N–H and O–H groups in total. The summed E-state index contributed by atoms with van der Waals surface area (Å²) in [6, 6.07) is 6.21. The minimum atomic E-state index is -3.04. The molecular weight excluding hydrogens is 415 g/mol. The summed E-state index contributed by atoms with van der Waals surface area (Å²) >= 11 is 0. The van der Waals surface area contributed by atoms with Crippen molar-refractivity contribution in [1.29, 1.82) is 0 Å². The largest absolute Gasteiger partial charge is 0.388 e. The molecule has 3 unspecified atom stereocenters. The minimum Gasteiger partial charge on any atom is -0.388 e. The Morgan fingerprint density at radius 3 is 2.34 bits per heavy atom. The molecule has 2 heterocycles. The summed E-state index contributed by atoms with van der Waals surface area (Å²) in [5.41, 5.74) is 5.90. The number of hydrogen-bond acceptors (Lipinski definition) is 3. The van der Waals surface area contributed by atoms with Crippen LogP contribution in [0.5, 0.6) is 0 Å². The first-order valence-electron chi connectivity index (χ1n) is 11.6. The van der Waals surface area contributed by atoms with Crippen LogP contribution in [0.15, 0.2) is 24.3 Å². The van der Waals surface area contributed by atoms with Gasteiger partial charge in [-0.2, -0.15) is 0 Å². The lowest BCUT2D eigenvalue weighted by atomic mass is 9.71. The zero-order valence-electron chi connectivity index (χ0n) is 18.6. The van der Waals surface area contributed by atoms with Crippen LogP contribution in [0.3, 0.4) is 0 Å². The molecule has 5 rings (SSSR count). The second-order valence-electron chi connectivity index (χ2n) is 10.4. The molecular formula is C26H30F3NO2. The molecule has 1 saturated carbocycles. The summed E-state index contributed by atoms with van der Waals surface area (Å²) in [5, 5.41) is 11.2. The number of fused-ring (bicyclic) bond motifs is 2. The van der Waals surface area contributed by atoms with Crippen LogP contribution < -0.4 is 0 Å². The molecule has 3 nitrogen and oxygen atoms in total. The standard InChI is InChI=1S/C26H30F3NO2/c1-26(2)11-17-21(19(31)12-26)20(14-5-3-4-6-14)22-18(30-17)13-32-24(22)16-9-7-15(8-10-16)23(27)25(28)29/h7-10,14,19,23-25,31H,3-6,11-13H2,1-2H3. The number of alkyl halides is 3. The quantitative estimate of drug-likeness (QED) is 0.574. The van der Waals surface area contributed by atoms with Gasteiger partial charge in [0.2, 0.25) is 0 Å². The van der Waals surface area contributed by atoms with Gasteiger partial charge in [0.1, 0.15) is 6.10 Å². The van der Waals surface area contributed by atoms with E-state index in [1.807, 2.05) is 0 Å². The Bertz CT molecular complexity index is 999. The molecule has 172 valence electrons. The predicted octanol–water partition coefficient (Wildman–Crippen LogP) is 6.64. The normalized spacial score (nSPS) is 25.7. The van der Waals surface area contributed by atoms with Crippen LogP contribution >= 0.6 is 0 Å². The molecule has 1 aliphatic heterocycles. The van der Waals surface area contributed by atoms with Gasteiger partial charge in [0.15, 0.2) is 6.17 Å². The van der Waals surface area contributed by atoms with Crippen molar-refractivity contribution in [3.63, 3.8) is 0 Å². The van der Waals surface area contributed by atoms with Crippen molar-refractivity contribution in [2.75, 3.05) is 0 Å². The van der Waals surface area contributed by atoms with Crippen LogP contribution in [-0.2, 0) is 17.8 Å². The highest BCUT2D eigenvalue weighted by Crippen LogP contribution is 2.51. The van der Waals surface area contributed by atoms with Crippen LogP contribution in [0.4, 0.5) is 13.2 Å². The van der Waals surface area contributed by atoms with Crippen molar-refractivity contribution >= 4 is 0 Å². The maximum atomic E-state index is 13.7. The molecule has 0 saturated heterocycles.